The van der Waals surface area contributed by atoms with Crippen LogP contribution < -0.4 is 9.64 Å². The third kappa shape index (κ3) is 2.91. The summed E-state index contributed by atoms with van der Waals surface area (Å²) >= 11 is 0. The molecule has 0 unspecified atom stereocenters. The van der Waals surface area contributed by atoms with Crippen LogP contribution in [0.4, 0.5) is 5.69 Å². The average Bonchev–Trinajstić information content (AvgIpc) is 2.84. The van der Waals surface area contributed by atoms with E-state index in [9.17, 15) is 14.7 Å². The molecule has 0 fully saturated rings. The minimum absolute atomic E-state index is 0.295. The number of carbonyl (C=O) groups is 2. The van der Waals surface area contributed by atoms with Gasteiger partial charge in [-0.3, -0.25) is 9.59 Å². The van der Waals surface area contributed by atoms with E-state index in [1.54, 1.807) is 47.4 Å². The Morgan fingerprint density at radius 3 is 2.68 bits per heavy atom. The van der Waals surface area contributed by atoms with Crippen LogP contribution in [0.3, 0.4) is 0 Å². The molecule has 0 spiro atoms. The number of amides is 1. The molecule has 0 aromatic heterocycles. The van der Waals surface area contributed by atoms with E-state index in [2.05, 4.69) is 0 Å². The number of hydrogen-bond donors (Lipinski definition) is 1. The topological polar surface area (TPSA) is 66.8 Å². The maximum atomic E-state index is 12.9. The quantitative estimate of drug-likeness (QED) is 0.822. The first-order valence-electron chi connectivity index (χ1n) is 8.32. The molecular formula is C20H21NO4. The van der Waals surface area contributed by atoms with Crippen molar-refractivity contribution in [3.8, 4) is 5.75 Å². The lowest BCUT2D eigenvalue weighted by Gasteiger charge is -2.22. The van der Waals surface area contributed by atoms with Crippen LogP contribution in [0.1, 0.15) is 35.7 Å². The molecule has 0 radical (unpaired) electrons. The lowest BCUT2D eigenvalue weighted by Crippen LogP contribution is -2.42. The van der Waals surface area contributed by atoms with Gasteiger partial charge in [0.2, 0.25) is 0 Å². The van der Waals surface area contributed by atoms with Crippen LogP contribution in [0.2, 0.25) is 0 Å². The number of methoxy groups -OCH3 is 1. The van der Waals surface area contributed by atoms with E-state index in [-0.39, 0.29) is 12.2 Å². The SMILES string of the molecule is CCCN1C(=O)[C@@](O)(CC(=O)c2cccc(OC)c2)c2ccccc21. The molecule has 2 aromatic rings. The summed E-state index contributed by atoms with van der Waals surface area (Å²) in [6, 6.07) is 13.8. The molecule has 130 valence electrons. The fraction of sp³-hybridized carbons (Fsp3) is 0.300. The van der Waals surface area contributed by atoms with E-state index < -0.39 is 11.5 Å². The molecule has 0 saturated carbocycles. The summed E-state index contributed by atoms with van der Waals surface area (Å²) in [6.45, 7) is 2.47. The van der Waals surface area contributed by atoms with E-state index in [1.807, 2.05) is 13.0 Å². The highest BCUT2D eigenvalue weighted by Crippen LogP contribution is 2.42. The number of ketones is 1. The molecule has 1 amide bonds. The van der Waals surface area contributed by atoms with Crippen molar-refractivity contribution in [2.45, 2.75) is 25.4 Å². The second-order valence-electron chi connectivity index (χ2n) is 6.17. The fourth-order valence-corrected chi connectivity index (χ4v) is 3.25. The van der Waals surface area contributed by atoms with Gasteiger partial charge in [-0.15, -0.1) is 0 Å². The number of para-hydroxylation sites is 1. The number of carbonyl (C=O) groups excluding carboxylic acids is 2. The Hall–Kier alpha value is -2.66. The number of anilines is 1. The minimum Gasteiger partial charge on any atom is -0.497 e. The summed E-state index contributed by atoms with van der Waals surface area (Å²) in [5.41, 5.74) is -0.252. The van der Waals surface area contributed by atoms with Crippen LogP contribution in [-0.4, -0.2) is 30.5 Å². The molecule has 0 saturated heterocycles. The number of hydrogen-bond acceptors (Lipinski definition) is 4. The molecule has 1 aliphatic rings. The number of benzene rings is 2. The van der Waals surface area contributed by atoms with E-state index in [0.717, 1.165) is 6.42 Å². The van der Waals surface area contributed by atoms with Crippen molar-refractivity contribution in [2.75, 3.05) is 18.6 Å². The molecule has 5 nitrogen and oxygen atoms in total. The first-order chi connectivity index (χ1) is 12.0. The van der Waals surface area contributed by atoms with Crippen LogP contribution in [0.15, 0.2) is 48.5 Å². The summed E-state index contributed by atoms with van der Waals surface area (Å²) < 4.78 is 5.14. The first-order valence-corrected chi connectivity index (χ1v) is 8.32. The van der Waals surface area contributed by atoms with Crippen LogP contribution in [0, 0.1) is 0 Å². The van der Waals surface area contributed by atoms with Crippen molar-refractivity contribution in [3.63, 3.8) is 0 Å². The highest BCUT2D eigenvalue weighted by Gasteiger charge is 2.50. The number of fused-ring (bicyclic) bond motifs is 1. The molecule has 25 heavy (non-hydrogen) atoms. The van der Waals surface area contributed by atoms with E-state index in [4.69, 9.17) is 4.74 Å². The number of rotatable bonds is 6. The van der Waals surface area contributed by atoms with Gasteiger partial charge in [0.25, 0.3) is 5.91 Å². The summed E-state index contributed by atoms with van der Waals surface area (Å²) in [6.07, 6.45) is 0.468. The molecule has 3 rings (SSSR count). The Labute approximate surface area is 146 Å². The Morgan fingerprint density at radius 1 is 1.20 bits per heavy atom. The summed E-state index contributed by atoms with van der Waals surface area (Å²) in [4.78, 5) is 27.1. The van der Waals surface area contributed by atoms with Gasteiger partial charge in [0.15, 0.2) is 11.4 Å². The van der Waals surface area contributed by atoms with Crippen molar-refractivity contribution >= 4 is 17.4 Å². The van der Waals surface area contributed by atoms with Crippen molar-refractivity contribution in [3.05, 3.63) is 59.7 Å². The van der Waals surface area contributed by atoms with E-state index in [1.165, 1.54) is 7.11 Å². The minimum atomic E-state index is -1.83. The van der Waals surface area contributed by atoms with Gasteiger partial charge in [0, 0.05) is 17.7 Å². The number of nitrogens with zero attached hydrogens (tertiary/aromatic N) is 1. The zero-order valence-electron chi connectivity index (χ0n) is 14.4. The molecule has 2 aromatic carbocycles. The standard InChI is InChI=1S/C20H21NO4/c1-3-11-21-17-10-5-4-9-16(17)20(24,19(21)23)13-18(22)14-7-6-8-15(12-14)25-2/h4-10,12,24H,3,11,13H2,1-2H3/t20-/m1/s1. The van der Waals surface area contributed by atoms with Crippen LogP contribution in [0.25, 0.3) is 0 Å². The van der Waals surface area contributed by atoms with Gasteiger partial charge >= 0.3 is 0 Å². The van der Waals surface area contributed by atoms with Crippen molar-refractivity contribution < 1.29 is 19.4 Å². The Bertz CT molecular complexity index is 817. The van der Waals surface area contributed by atoms with Gasteiger partial charge in [0.1, 0.15) is 5.75 Å². The Morgan fingerprint density at radius 2 is 1.96 bits per heavy atom. The zero-order chi connectivity index (χ0) is 18.0. The maximum absolute atomic E-state index is 12.9. The third-order valence-electron chi connectivity index (χ3n) is 4.49. The van der Waals surface area contributed by atoms with Gasteiger partial charge in [-0.2, -0.15) is 0 Å². The highest BCUT2D eigenvalue weighted by atomic mass is 16.5. The van der Waals surface area contributed by atoms with Crippen molar-refractivity contribution in [1.29, 1.82) is 0 Å². The predicted molar refractivity (Wildman–Crippen MR) is 94.9 cm³/mol. The lowest BCUT2D eigenvalue weighted by molar-refractivity contribution is -0.135. The zero-order valence-corrected chi connectivity index (χ0v) is 14.4. The molecule has 1 N–H and O–H groups in total. The molecule has 0 aliphatic carbocycles. The number of aliphatic hydroxyl groups is 1. The number of ether oxygens (including phenoxy) is 1. The highest BCUT2D eigenvalue weighted by molar-refractivity contribution is 6.10. The first kappa shape index (κ1) is 17.2. The number of Topliss-reactive ketones (excluding diaryl/α,β-unsaturated/α-hetero) is 1. The molecular weight excluding hydrogens is 318 g/mol. The van der Waals surface area contributed by atoms with Crippen molar-refractivity contribution in [2.24, 2.45) is 0 Å². The average molecular weight is 339 g/mol. The second-order valence-corrected chi connectivity index (χ2v) is 6.17. The van der Waals surface area contributed by atoms with Gasteiger partial charge in [0.05, 0.1) is 19.2 Å². The molecule has 0 bridgehead atoms. The predicted octanol–water partition coefficient (Wildman–Crippen LogP) is 2.91. The molecule has 1 aliphatic heterocycles. The maximum Gasteiger partial charge on any atom is 0.264 e. The van der Waals surface area contributed by atoms with Crippen LogP contribution >= 0.6 is 0 Å². The summed E-state index contributed by atoms with van der Waals surface area (Å²) in [5.74, 6) is -0.182. The molecule has 5 heteroatoms. The largest absolute Gasteiger partial charge is 0.497 e. The van der Waals surface area contributed by atoms with Gasteiger partial charge in [-0.25, -0.2) is 0 Å². The van der Waals surface area contributed by atoms with Gasteiger partial charge < -0.3 is 14.7 Å². The second kappa shape index (κ2) is 6.69. The van der Waals surface area contributed by atoms with Crippen molar-refractivity contribution in [1.82, 2.24) is 0 Å². The van der Waals surface area contributed by atoms with E-state index >= 15 is 0 Å². The van der Waals surface area contributed by atoms with E-state index in [0.29, 0.717) is 29.1 Å². The van der Waals surface area contributed by atoms with Crippen LogP contribution in [-0.2, 0) is 10.4 Å². The lowest BCUT2D eigenvalue weighted by atomic mass is 9.88. The van der Waals surface area contributed by atoms with Gasteiger partial charge in [-0.05, 0) is 24.6 Å². The van der Waals surface area contributed by atoms with Gasteiger partial charge in [-0.1, -0.05) is 37.3 Å². The smallest absolute Gasteiger partial charge is 0.264 e. The van der Waals surface area contributed by atoms with Crippen LogP contribution in [0.5, 0.6) is 5.75 Å². The summed E-state index contributed by atoms with van der Waals surface area (Å²) in [5, 5.41) is 11.1. The molecule has 1 heterocycles. The fourth-order valence-electron chi connectivity index (χ4n) is 3.25. The Kier molecular flexibility index (Phi) is 4.59. The normalized spacial score (nSPS) is 19.0. The Balaban J connectivity index is 1.95. The third-order valence-corrected chi connectivity index (χ3v) is 4.49. The monoisotopic (exact) mass is 339 g/mol. The molecule has 1 atom stereocenters. The summed E-state index contributed by atoms with van der Waals surface area (Å²) in [7, 11) is 1.52.